The summed E-state index contributed by atoms with van der Waals surface area (Å²) in [5, 5.41) is 0.806. The van der Waals surface area contributed by atoms with Crippen LogP contribution in [0.1, 0.15) is 18.6 Å². The Bertz CT molecular complexity index is 421. The minimum atomic E-state index is -0.725. The molecular formula is C11H8Cl2O2. The molecule has 0 aliphatic rings. The minimum Gasteiger partial charge on any atom is -0.444 e. The van der Waals surface area contributed by atoms with Crippen LogP contribution in [0.5, 0.6) is 0 Å². The third-order valence-electron chi connectivity index (χ3n) is 1.68. The van der Waals surface area contributed by atoms with Gasteiger partial charge in [-0.25, -0.2) is 0 Å². The second kappa shape index (κ2) is 5.06. The molecule has 15 heavy (non-hydrogen) atoms. The maximum absolute atomic E-state index is 10.8. The summed E-state index contributed by atoms with van der Waals surface area (Å²) in [4.78, 5) is 10.8. The Morgan fingerprint density at radius 3 is 2.60 bits per heavy atom. The lowest BCUT2D eigenvalue weighted by Crippen LogP contribution is -2.06. The van der Waals surface area contributed by atoms with Crippen molar-refractivity contribution in [2.45, 2.75) is 13.0 Å². The van der Waals surface area contributed by atoms with E-state index >= 15 is 0 Å². The third kappa shape index (κ3) is 3.16. The molecule has 0 saturated heterocycles. The summed E-state index contributed by atoms with van der Waals surface area (Å²) in [6, 6.07) is 4.85. The maximum atomic E-state index is 10.8. The Labute approximate surface area is 98.1 Å². The van der Waals surface area contributed by atoms with Crippen molar-refractivity contribution in [3.63, 3.8) is 0 Å². The van der Waals surface area contributed by atoms with E-state index in [0.717, 1.165) is 0 Å². The van der Waals surface area contributed by atoms with Crippen LogP contribution < -0.4 is 0 Å². The molecule has 0 unspecified atom stereocenters. The van der Waals surface area contributed by atoms with Crippen LogP contribution in [0.4, 0.5) is 0 Å². The molecule has 2 nitrogen and oxygen atoms in total. The van der Waals surface area contributed by atoms with Gasteiger partial charge in [0.2, 0.25) is 0 Å². The molecule has 1 aromatic rings. The fourth-order valence-corrected chi connectivity index (χ4v) is 1.35. The molecule has 0 fully saturated rings. The molecule has 1 atom stereocenters. The lowest BCUT2D eigenvalue weighted by Gasteiger charge is -2.11. The summed E-state index contributed by atoms with van der Waals surface area (Å²) >= 11 is 11.6. The average molecular weight is 243 g/mol. The van der Waals surface area contributed by atoms with Crippen molar-refractivity contribution < 1.29 is 9.53 Å². The van der Waals surface area contributed by atoms with E-state index in [4.69, 9.17) is 34.4 Å². The van der Waals surface area contributed by atoms with Gasteiger partial charge in [0.1, 0.15) is 0 Å². The highest BCUT2D eigenvalue weighted by molar-refractivity contribution is 6.42. The second-order valence-corrected chi connectivity index (χ2v) is 3.64. The number of rotatable bonds is 2. The summed E-state index contributed by atoms with van der Waals surface area (Å²) in [5.74, 6) is 1.91. The quantitative estimate of drug-likeness (QED) is 0.588. The van der Waals surface area contributed by atoms with Crippen LogP contribution in [0.15, 0.2) is 18.2 Å². The highest BCUT2D eigenvalue weighted by Crippen LogP contribution is 2.26. The molecule has 4 heteroatoms. The van der Waals surface area contributed by atoms with Crippen LogP contribution in [0.25, 0.3) is 0 Å². The van der Waals surface area contributed by atoms with Crippen LogP contribution in [0, 0.1) is 12.3 Å². The molecule has 0 saturated carbocycles. The van der Waals surface area contributed by atoms with Crippen molar-refractivity contribution in [1.82, 2.24) is 0 Å². The highest BCUT2D eigenvalue weighted by Gasteiger charge is 2.12. The lowest BCUT2D eigenvalue weighted by molar-refractivity contribution is -0.144. The fourth-order valence-electron chi connectivity index (χ4n) is 1.04. The average Bonchev–Trinajstić information content (AvgIpc) is 2.18. The number of carbonyl (C=O) groups excluding carboxylic acids is 1. The number of hydrogen-bond acceptors (Lipinski definition) is 2. The smallest absolute Gasteiger partial charge is 0.304 e. The first-order chi connectivity index (χ1) is 7.04. The first-order valence-electron chi connectivity index (χ1n) is 4.13. The zero-order valence-electron chi connectivity index (χ0n) is 7.96. The molecule has 0 aromatic heterocycles. The highest BCUT2D eigenvalue weighted by atomic mass is 35.5. The number of hydrogen-bond donors (Lipinski definition) is 0. The second-order valence-electron chi connectivity index (χ2n) is 2.83. The van der Waals surface area contributed by atoms with Crippen LogP contribution in [-0.2, 0) is 9.53 Å². The first-order valence-corrected chi connectivity index (χ1v) is 4.88. The minimum absolute atomic E-state index is 0.376. The van der Waals surface area contributed by atoms with Crippen LogP contribution in [0.2, 0.25) is 10.0 Å². The largest absolute Gasteiger partial charge is 0.444 e. The summed E-state index contributed by atoms with van der Waals surface area (Å²) < 4.78 is 4.90. The number of terminal acetylenes is 1. The lowest BCUT2D eigenvalue weighted by atomic mass is 10.1. The van der Waals surface area contributed by atoms with E-state index in [9.17, 15) is 4.79 Å². The van der Waals surface area contributed by atoms with Crippen molar-refractivity contribution in [3.05, 3.63) is 33.8 Å². The number of esters is 1. The van der Waals surface area contributed by atoms with Crippen LogP contribution in [0.3, 0.4) is 0 Å². The molecule has 1 rings (SSSR count). The van der Waals surface area contributed by atoms with Gasteiger partial charge < -0.3 is 4.74 Å². The Morgan fingerprint density at radius 1 is 1.47 bits per heavy atom. The van der Waals surface area contributed by atoms with Gasteiger partial charge in [0.15, 0.2) is 6.10 Å². The van der Waals surface area contributed by atoms with Crippen molar-refractivity contribution in [2.24, 2.45) is 0 Å². The molecular weight excluding hydrogens is 235 g/mol. The molecule has 0 aliphatic heterocycles. The van der Waals surface area contributed by atoms with Crippen molar-refractivity contribution in [1.29, 1.82) is 0 Å². The van der Waals surface area contributed by atoms with Gasteiger partial charge in [0, 0.05) is 12.5 Å². The molecule has 0 spiro atoms. The number of ether oxygens (including phenoxy) is 1. The fraction of sp³-hybridized carbons (Fsp3) is 0.182. The van der Waals surface area contributed by atoms with E-state index in [1.54, 1.807) is 18.2 Å². The van der Waals surface area contributed by atoms with Crippen LogP contribution in [-0.4, -0.2) is 5.97 Å². The van der Waals surface area contributed by atoms with Gasteiger partial charge in [-0.15, -0.1) is 6.42 Å². The van der Waals surface area contributed by atoms with E-state index in [0.29, 0.717) is 15.6 Å². The predicted molar refractivity (Wildman–Crippen MR) is 59.8 cm³/mol. The molecule has 0 amide bonds. The molecule has 0 radical (unpaired) electrons. The van der Waals surface area contributed by atoms with Crippen molar-refractivity contribution in [2.75, 3.05) is 0 Å². The number of halogens is 2. The van der Waals surface area contributed by atoms with Gasteiger partial charge in [-0.05, 0) is 12.1 Å². The normalized spacial score (nSPS) is 11.6. The molecule has 0 heterocycles. The van der Waals surface area contributed by atoms with E-state index in [1.165, 1.54) is 6.92 Å². The van der Waals surface area contributed by atoms with Gasteiger partial charge in [-0.3, -0.25) is 4.79 Å². The van der Waals surface area contributed by atoms with E-state index in [-0.39, 0.29) is 0 Å². The third-order valence-corrected chi connectivity index (χ3v) is 2.42. The maximum Gasteiger partial charge on any atom is 0.304 e. The topological polar surface area (TPSA) is 26.3 Å². The Morgan fingerprint density at radius 2 is 2.13 bits per heavy atom. The molecule has 1 aromatic carbocycles. The summed E-state index contributed by atoms with van der Waals surface area (Å²) in [7, 11) is 0. The molecule has 0 aliphatic carbocycles. The van der Waals surface area contributed by atoms with E-state index < -0.39 is 12.1 Å². The standard InChI is InChI=1S/C11H8Cl2O2/c1-3-11(15-7(2)14)8-4-5-9(12)10(13)6-8/h1,4-6,11H,2H3/t11-/m1/s1. The monoisotopic (exact) mass is 242 g/mol. The Balaban J connectivity index is 2.98. The Kier molecular flexibility index (Phi) is 4.02. The van der Waals surface area contributed by atoms with E-state index in [2.05, 4.69) is 5.92 Å². The summed E-state index contributed by atoms with van der Waals surface area (Å²) in [5.41, 5.74) is 0.627. The van der Waals surface area contributed by atoms with Gasteiger partial charge >= 0.3 is 5.97 Å². The Hall–Kier alpha value is -1.17. The predicted octanol–water partition coefficient (Wildman–Crippen LogP) is 3.23. The summed E-state index contributed by atoms with van der Waals surface area (Å²) in [6.07, 6.45) is 4.51. The zero-order chi connectivity index (χ0) is 11.4. The zero-order valence-corrected chi connectivity index (χ0v) is 9.47. The molecule has 0 bridgehead atoms. The van der Waals surface area contributed by atoms with Crippen molar-refractivity contribution >= 4 is 29.2 Å². The number of benzene rings is 1. The van der Waals surface area contributed by atoms with Crippen LogP contribution >= 0.6 is 23.2 Å². The van der Waals surface area contributed by atoms with Gasteiger partial charge in [0.25, 0.3) is 0 Å². The van der Waals surface area contributed by atoms with Gasteiger partial charge in [0.05, 0.1) is 10.0 Å². The number of carbonyl (C=O) groups is 1. The van der Waals surface area contributed by atoms with Gasteiger partial charge in [-0.1, -0.05) is 35.2 Å². The van der Waals surface area contributed by atoms with E-state index in [1.807, 2.05) is 0 Å². The molecule has 0 N–H and O–H groups in total. The summed E-state index contributed by atoms with van der Waals surface area (Å²) in [6.45, 7) is 1.29. The first kappa shape index (κ1) is 11.9. The SMILES string of the molecule is C#C[C@@H](OC(C)=O)c1ccc(Cl)c(Cl)c1. The van der Waals surface area contributed by atoms with Crippen molar-refractivity contribution in [3.8, 4) is 12.3 Å². The van der Waals surface area contributed by atoms with Gasteiger partial charge in [-0.2, -0.15) is 0 Å². The molecule has 78 valence electrons.